The number of nitrogens with zero attached hydrogens (tertiary/aromatic N) is 3. The number of amides is 1. The summed E-state index contributed by atoms with van der Waals surface area (Å²) in [5.41, 5.74) is -0.408. The molecule has 2 heterocycles. The summed E-state index contributed by atoms with van der Waals surface area (Å²) in [5, 5.41) is 9.85. The van der Waals surface area contributed by atoms with Crippen molar-refractivity contribution in [1.29, 1.82) is 0 Å². The van der Waals surface area contributed by atoms with E-state index in [2.05, 4.69) is 20.5 Å². The molecule has 1 amide bonds. The lowest BCUT2D eigenvalue weighted by molar-refractivity contribution is -0.146. The Morgan fingerprint density at radius 3 is 2.84 bits per heavy atom. The third kappa shape index (κ3) is 3.10. The average molecular weight is 267 g/mol. The van der Waals surface area contributed by atoms with Gasteiger partial charge in [-0.3, -0.25) is 9.89 Å². The molecule has 1 saturated heterocycles. The van der Waals surface area contributed by atoms with Crippen molar-refractivity contribution in [2.45, 2.75) is 19.4 Å². The lowest BCUT2D eigenvalue weighted by Gasteiger charge is -2.38. The van der Waals surface area contributed by atoms with Crippen molar-refractivity contribution in [1.82, 2.24) is 25.4 Å². The Kier molecular flexibility index (Phi) is 4.49. The molecule has 1 aromatic rings. The summed E-state index contributed by atoms with van der Waals surface area (Å²) >= 11 is 0. The number of methoxy groups -OCH3 is 1. The molecule has 19 heavy (non-hydrogen) atoms. The van der Waals surface area contributed by atoms with E-state index in [1.165, 1.54) is 6.33 Å². The Balaban J connectivity index is 2.05. The number of nitrogens with one attached hydrogen (secondary N) is 2. The van der Waals surface area contributed by atoms with E-state index in [0.29, 0.717) is 19.0 Å². The van der Waals surface area contributed by atoms with Crippen molar-refractivity contribution in [3.63, 3.8) is 0 Å². The van der Waals surface area contributed by atoms with Crippen molar-refractivity contribution >= 4 is 5.91 Å². The number of piperidine rings is 1. The molecule has 0 aromatic carbocycles. The second-order valence-corrected chi connectivity index (χ2v) is 5.06. The van der Waals surface area contributed by atoms with Crippen LogP contribution in [-0.2, 0) is 16.1 Å². The molecule has 0 atom stereocenters. The highest BCUT2D eigenvalue weighted by Gasteiger charge is 2.41. The smallest absolute Gasteiger partial charge is 0.231 e. The first-order valence-corrected chi connectivity index (χ1v) is 6.47. The normalized spacial score (nSPS) is 18.2. The number of hydrogen-bond donors (Lipinski definition) is 2. The molecule has 1 fully saturated rings. The number of carbonyl (C=O) groups excluding carboxylic acids is 1. The maximum Gasteiger partial charge on any atom is 0.231 e. The van der Waals surface area contributed by atoms with Gasteiger partial charge in [0.1, 0.15) is 12.2 Å². The first-order chi connectivity index (χ1) is 9.18. The van der Waals surface area contributed by atoms with E-state index in [1.807, 2.05) is 0 Å². The molecular formula is C12H21N5O2. The minimum atomic E-state index is -0.408. The van der Waals surface area contributed by atoms with Crippen LogP contribution in [0.4, 0.5) is 0 Å². The summed E-state index contributed by atoms with van der Waals surface area (Å²) in [5.74, 6) is 0.810. The maximum absolute atomic E-state index is 12.7. The third-order valence-corrected chi connectivity index (χ3v) is 3.63. The highest BCUT2D eigenvalue weighted by Crippen LogP contribution is 2.31. The lowest BCUT2D eigenvalue weighted by atomic mass is 9.78. The summed E-state index contributed by atoms with van der Waals surface area (Å²) in [4.78, 5) is 18.4. The van der Waals surface area contributed by atoms with Gasteiger partial charge in [-0.15, -0.1) is 0 Å². The Morgan fingerprint density at radius 1 is 1.53 bits per heavy atom. The predicted octanol–water partition coefficient (Wildman–Crippen LogP) is -0.221. The van der Waals surface area contributed by atoms with Crippen LogP contribution in [0.5, 0.6) is 0 Å². The van der Waals surface area contributed by atoms with Crippen molar-refractivity contribution in [2.24, 2.45) is 5.41 Å². The van der Waals surface area contributed by atoms with Crippen molar-refractivity contribution in [3.05, 3.63) is 12.2 Å². The minimum Gasteiger partial charge on any atom is -0.384 e. The summed E-state index contributed by atoms with van der Waals surface area (Å²) in [6.07, 6.45) is 3.06. The fourth-order valence-electron chi connectivity index (χ4n) is 2.61. The summed E-state index contributed by atoms with van der Waals surface area (Å²) in [7, 11) is 3.44. The Bertz CT molecular complexity index is 395. The van der Waals surface area contributed by atoms with Crippen molar-refractivity contribution in [2.75, 3.05) is 33.9 Å². The van der Waals surface area contributed by atoms with E-state index in [4.69, 9.17) is 4.74 Å². The highest BCUT2D eigenvalue weighted by atomic mass is 16.5. The quantitative estimate of drug-likeness (QED) is 0.770. The van der Waals surface area contributed by atoms with Crippen molar-refractivity contribution in [3.8, 4) is 0 Å². The SMILES string of the molecule is COCC1(C(=O)N(C)Cc2ncn[nH]2)CCNCC1. The van der Waals surface area contributed by atoms with Gasteiger partial charge in [0.05, 0.1) is 18.6 Å². The van der Waals surface area contributed by atoms with Crippen LogP contribution >= 0.6 is 0 Å². The number of hydrogen-bond acceptors (Lipinski definition) is 5. The van der Waals surface area contributed by atoms with Crippen LogP contribution in [0, 0.1) is 5.41 Å². The molecule has 7 heteroatoms. The van der Waals surface area contributed by atoms with Gasteiger partial charge in [-0.25, -0.2) is 4.98 Å². The molecular weight excluding hydrogens is 246 g/mol. The summed E-state index contributed by atoms with van der Waals surface area (Å²) in [6.45, 7) is 2.61. The van der Waals surface area contributed by atoms with E-state index < -0.39 is 5.41 Å². The molecule has 0 spiro atoms. The van der Waals surface area contributed by atoms with E-state index in [0.717, 1.165) is 25.9 Å². The molecule has 1 aromatic heterocycles. The van der Waals surface area contributed by atoms with Crippen LogP contribution in [-0.4, -0.2) is 59.8 Å². The summed E-state index contributed by atoms with van der Waals surface area (Å²) < 4.78 is 5.28. The molecule has 0 saturated carbocycles. The number of aromatic amines is 1. The maximum atomic E-state index is 12.7. The summed E-state index contributed by atoms with van der Waals surface area (Å²) in [6, 6.07) is 0. The van der Waals surface area contributed by atoms with E-state index >= 15 is 0 Å². The van der Waals surface area contributed by atoms with Gasteiger partial charge in [-0.05, 0) is 25.9 Å². The number of carbonyl (C=O) groups is 1. The third-order valence-electron chi connectivity index (χ3n) is 3.63. The van der Waals surface area contributed by atoms with E-state index in [9.17, 15) is 4.79 Å². The molecule has 2 rings (SSSR count). The second-order valence-electron chi connectivity index (χ2n) is 5.06. The van der Waals surface area contributed by atoms with Gasteiger partial charge in [0, 0.05) is 14.2 Å². The largest absolute Gasteiger partial charge is 0.384 e. The number of rotatable bonds is 5. The van der Waals surface area contributed by atoms with E-state index in [1.54, 1.807) is 19.1 Å². The molecule has 0 bridgehead atoms. The van der Waals surface area contributed by atoms with Gasteiger partial charge >= 0.3 is 0 Å². The Labute approximate surface area is 112 Å². The first kappa shape index (κ1) is 14.0. The molecule has 7 nitrogen and oxygen atoms in total. The van der Waals surface area contributed by atoms with Crippen LogP contribution in [0.2, 0.25) is 0 Å². The highest BCUT2D eigenvalue weighted by molar-refractivity contribution is 5.82. The van der Waals surface area contributed by atoms with Gasteiger partial charge in [-0.2, -0.15) is 5.10 Å². The van der Waals surface area contributed by atoms with E-state index in [-0.39, 0.29) is 5.91 Å². The van der Waals surface area contributed by atoms with Gasteiger partial charge in [0.25, 0.3) is 0 Å². The average Bonchev–Trinajstić information content (AvgIpc) is 2.92. The predicted molar refractivity (Wildman–Crippen MR) is 69.3 cm³/mol. The molecule has 2 N–H and O–H groups in total. The Morgan fingerprint density at radius 2 is 2.26 bits per heavy atom. The molecule has 1 aliphatic heterocycles. The second kappa shape index (κ2) is 6.12. The van der Waals surface area contributed by atoms with Crippen LogP contribution in [0.15, 0.2) is 6.33 Å². The zero-order chi connectivity index (χ0) is 13.7. The fraction of sp³-hybridized carbons (Fsp3) is 0.750. The zero-order valence-electron chi connectivity index (χ0n) is 11.5. The van der Waals surface area contributed by atoms with Gasteiger partial charge in [0.15, 0.2) is 0 Å². The van der Waals surface area contributed by atoms with Gasteiger partial charge < -0.3 is 15.0 Å². The molecule has 106 valence electrons. The number of aromatic nitrogens is 3. The van der Waals surface area contributed by atoms with Crippen molar-refractivity contribution < 1.29 is 9.53 Å². The topological polar surface area (TPSA) is 83.1 Å². The molecule has 1 aliphatic rings. The van der Waals surface area contributed by atoms with Crippen LogP contribution in [0.25, 0.3) is 0 Å². The standard InChI is InChI=1S/C12H21N5O2/c1-17(7-10-14-9-15-16-10)11(18)12(8-19-2)3-5-13-6-4-12/h9,13H,3-8H2,1-2H3,(H,14,15,16). The van der Waals surface area contributed by atoms with Gasteiger partial charge in [0.2, 0.25) is 5.91 Å². The zero-order valence-corrected chi connectivity index (χ0v) is 11.5. The molecule has 0 unspecified atom stereocenters. The first-order valence-electron chi connectivity index (χ1n) is 6.47. The van der Waals surface area contributed by atoms with Crippen LogP contribution < -0.4 is 5.32 Å². The molecule has 0 aliphatic carbocycles. The number of ether oxygens (including phenoxy) is 1. The van der Waals surface area contributed by atoms with Gasteiger partial charge in [-0.1, -0.05) is 0 Å². The lowest BCUT2D eigenvalue weighted by Crippen LogP contribution is -2.50. The number of H-pyrrole nitrogens is 1. The minimum absolute atomic E-state index is 0.118. The Hall–Kier alpha value is -1.47. The van der Waals surface area contributed by atoms with Crippen LogP contribution in [0.1, 0.15) is 18.7 Å². The van der Waals surface area contributed by atoms with Crippen LogP contribution in [0.3, 0.4) is 0 Å². The fourth-order valence-corrected chi connectivity index (χ4v) is 2.61. The monoisotopic (exact) mass is 267 g/mol. The molecule has 0 radical (unpaired) electrons.